The second kappa shape index (κ2) is 4.72. The first-order valence-corrected chi connectivity index (χ1v) is 5.43. The Hall–Kier alpha value is -0.420. The number of carbonyl (C=O) groups excluding carboxylic acids is 1. The molecule has 0 rings (SSSR count). The van der Waals surface area contributed by atoms with Crippen molar-refractivity contribution in [1.29, 1.82) is 0 Å². The monoisotopic (exact) mass is 210 g/mol. The third-order valence-electron chi connectivity index (χ3n) is 1.56. The molecule has 0 saturated heterocycles. The van der Waals surface area contributed by atoms with Crippen LogP contribution in [0.25, 0.3) is 0 Å². The lowest BCUT2D eigenvalue weighted by Gasteiger charge is -2.23. The van der Waals surface area contributed by atoms with E-state index in [9.17, 15) is 9.36 Å². The Morgan fingerprint density at radius 3 is 2.23 bits per heavy atom. The number of hydrogen-bond acceptors (Lipinski definition) is 3. The van der Waals surface area contributed by atoms with Gasteiger partial charge in [-0.1, -0.05) is 6.92 Å². The van der Waals surface area contributed by atoms with E-state index in [1.165, 1.54) is 0 Å². The van der Waals surface area contributed by atoms with Crippen LogP contribution in [0.3, 0.4) is 0 Å². The summed E-state index contributed by atoms with van der Waals surface area (Å²) in [5, 5.41) is 2.23. The fourth-order valence-corrected chi connectivity index (χ4v) is 1.14. The normalized spacial score (nSPS) is 14.3. The van der Waals surface area contributed by atoms with E-state index in [-0.39, 0.29) is 6.17 Å². The van der Waals surface area contributed by atoms with Crippen LogP contribution in [-0.4, -0.2) is 40.6 Å². The van der Waals surface area contributed by atoms with Crippen LogP contribution >= 0.6 is 7.60 Å². The highest BCUT2D eigenvalue weighted by Crippen LogP contribution is 2.35. The third kappa shape index (κ3) is 4.38. The van der Waals surface area contributed by atoms with E-state index < -0.39 is 13.2 Å². The van der Waals surface area contributed by atoms with E-state index in [0.717, 1.165) is 0 Å². The van der Waals surface area contributed by atoms with Crippen molar-refractivity contribution in [3.63, 3.8) is 0 Å². The quantitative estimate of drug-likeness (QED) is 0.454. The highest BCUT2D eigenvalue weighted by atomic mass is 31.2. The summed E-state index contributed by atoms with van der Waals surface area (Å²) in [4.78, 5) is 29.5. The van der Waals surface area contributed by atoms with Gasteiger partial charge in [-0.3, -0.25) is 9.69 Å². The van der Waals surface area contributed by atoms with E-state index >= 15 is 0 Å². The molecule has 1 unspecified atom stereocenters. The van der Waals surface area contributed by atoms with Gasteiger partial charge >= 0.3 is 13.2 Å². The Kier molecular flexibility index (Phi) is 4.56. The zero-order chi connectivity index (χ0) is 10.6. The predicted molar refractivity (Wildman–Crippen MR) is 48.3 cm³/mol. The molecule has 0 aromatic heterocycles. The molecule has 0 aromatic rings. The van der Waals surface area contributed by atoms with Crippen LogP contribution in [0.4, 0.5) is 4.79 Å². The molecule has 0 aromatic carbocycles. The molecule has 0 heterocycles. The van der Waals surface area contributed by atoms with Crippen LogP contribution in [0, 0.1) is 0 Å². The zero-order valence-corrected chi connectivity index (χ0v) is 8.78. The van der Waals surface area contributed by atoms with E-state index in [1.54, 1.807) is 19.0 Å². The van der Waals surface area contributed by atoms with Gasteiger partial charge in [0.15, 0.2) is 0 Å². The van der Waals surface area contributed by atoms with Crippen LogP contribution in [-0.2, 0) is 4.57 Å². The summed E-state index contributed by atoms with van der Waals surface area (Å²) >= 11 is 0. The largest absolute Gasteiger partial charge is 0.413 e. The van der Waals surface area contributed by atoms with Gasteiger partial charge < -0.3 is 15.1 Å². The summed E-state index contributed by atoms with van der Waals surface area (Å²) in [6.45, 7) is 1.81. The molecule has 0 aliphatic rings. The smallest absolute Gasteiger partial charge is 0.330 e. The summed E-state index contributed by atoms with van der Waals surface area (Å²) < 4.78 is 10.5. The second-order valence-electron chi connectivity index (χ2n) is 2.88. The summed E-state index contributed by atoms with van der Waals surface area (Å²) in [7, 11) is -1.21. The molecule has 0 radical (unpaired) electrons. The van der Waals surface area contributed by atoms with Crippen LogP contribution in [0.5, 0.6) is 0 Å². The van der Waals surface area contributed by atoms with Crippen molar-refractivity contribution < 1.29 is 19.1 Å². The van der Waals surface area contributed by atoms with Gasteiger partial charge in [0.25, 0.3) is 0 Å². The highest BCUT2D eigenvalue weighted by molar-refractivity contribution is 7.69. The molecule has 0 aliphatic carbocycles. The number of rotatable bonds is 4. The third-order valence-corrected chi connectivity index (χ3v) is 2.22. The van der Waals surface area contributed by atoms with E-state index in [2.05, 4.69) is 5.32 Å². The lowest BCUT2D eigenvalue weighted by Crippen LogP contribution is -2.43. The van der Waals surface area contributed by atoms with Gasteiger partial charge in [-0.2, -0.15) is 0 Å². The fraction of sp³-hybridized carbons (Fsp3) is 0.833. The molecule has 0 bridgehead atoms. The average Bonchev–Trinajstić information content (AvgIpc) is 1.96. The molecular weight excluding hydrogens is 195 g/mol. The van der Waals surface area contributed by atoms with Gasteiger partial charge in [0.05, 0.1) is 6.17 Å². The van der Waals surface area contributed by atoms with Crippen LogP contribution in [0.2, 0.25) is 0 Å². The average molecular weight is 210 g/mol. The molecule has 7 heteroatoms. The maximum atomic E-state index is 10.8. The van der Waals surface area contributed by atoms with Crippen LogP contribution < -0.4 is 5.32 Å². The molecule has 3 N–H and O–H groups in total. The van der Waals surface area contributed by atoms with Crippen molar-refractivity contribution >= 4 is 13.2 Å². The summed E-state index contributed by atoms with van der Waals surface area (Å²) in [6.07, 6.45) is 0.235. The first-order valence-electron chi connectivity index (χ1n) is 3.82. The molecule has 13 heavy (non-hydrogen) atoms. The molecule has 1 amide bonds. The number of hydrogen-bond donors (Lipinski definition) is 3. The number of carbonyl (C=O) groups is 1. The van der Waals surface area contributed by atoms with Gasteiger partial charge in [0.2, 0.25) is 0 Å². The molecular formula is C6H15N2O4P. The summed E-state index contributed by atoms with van der Waals surface area (Å²) in [5.41, 5.74) is -1.23. The molecule has 0 spiro atoms. The van der Waals surface area contributed by atoms with Crippen molar-refractivity contribution in [3.05, 3.63) is 0 Å². The minimum Gasteiger partial charge on any atom is -0.330 e. The fourth-order valence-electron chi connectivity index (χ4n) is 0.823. The number of nitrogens with zero attached hydrogens (tertiary/aromatic N) is 1. The molecule has 1 atom stereocenters. The van der Waals surface area contributed by atoms with Crippen LogP contribution in [0.1, 0.15) is 13.3 Å². The SMILES string of the molecule is CCC(NC(=O)P(=O)(O)O)N(C)C. The zero-order valence-electron chi connectivity index (χ0n) is 7.89. The first kappa shape index (κ1) is 12.6. The summed E-state index contributed by atoms with van der Waals surface area (Å²) in [6, 6.07) is 0. The van der Waals surface area contributed by atoms with Gasteiger partial charge in [-0.15, -0.1) is 0 Å². The van der Waals surface area contributed by atoms with Crippen LogP contribution in [0.15, 0.2) is 0 Å². The Morgan fingerprint density at radius 2 is 2.00 bits per heavy atom. The standard InChI is InChI=1S/C6H15N2O4P/c1-4-5(8(2)3)7-6(9)13(10,11)12/h5H,4H2,1-3H3,(H,7,9)(H2,10,11,12). The van der Waals surface area contributed by atoms with Crippen molar-refractivity contribution in [2.45, 2.75) is 19.5 Å². The second-order valence-corrected chi connectivity index (χ2v) is 4.38. The Labute approximate surface area is 77.1 Å². The van der Waals surface area contributed by atoms with E-state index in [1.807, 2.05) is 6.92 Å². The lowest BCUT2D eigenvalue weighted by atomic mass is 10.3. The maximum absolute atomic E-state index is 10.8. The van der Waals surface area contributed by atoms with Crippen molar-refractivity contribution in [2.24, 2.45) is 0 Å². The van der Waals surface area contributed by atoms with E-state index in [4.69, 9.17) is 9.79 Å². The maximum Gasteiger partial charge on any atom is 0.413 e. The van der Waals surface area contributed by atoms with Crippen molar-refractivity contribution in [3.8, 4) is 0 Å². The minimum absolute atomic E-state index is 0.347. The molecule has 6 nitrogen and oxygen atoms in total. The molecule has 0 aliphatic heterocycles. The topological polar surface area (TPSA) is 89.9 Å². The minimum atomic E-state index is -4.64. The Balaban J connectivity index is 4.26. The first-order chi connectivity index (χ1) is 5.79. The molecule has 0 fully saturated rings. The van der Waals surface area contributed by atoms with Crippen molar-refractivity contribution in [2.75, 3.05) is 14.1 Å². The molecule has 0 saturated carbocycles. The Bertz CT molecular complexity index is 225. The number of nitrogens with one attached hydrogen (secondary N) is 1. The van der Waals surface area contributed by atoms with Gasteiger partial charge in [-0.25, -0.2) is 4.57 Å². The van der Waals surface area contributed by atoms with Gasteiger partial charge in [0.1, 0.15) is 0 Å². The van der Waals surface area contributed by atoms with Gasteiger partial charge in [-0.05, 0) is 20.5 Å². The number of amides is 1. The highest BCUT2D eigenvalue weighted by Gasteiger charge is 2.27. The molecule has 78 valence electrons. The predicted octanol–water partition coefficient (Wildman–Crippen LogP) is 0.171. The van der Waals surface area contributed by atoms with E-state index in [0.29, 0.717) is 6.42 Å². The lowest BCUT2D eigenvalue weighted by molar-refractivity contribution is 0.216. The van der Waals surface area contributed by atoms with Gasteiger partial charge in [0, 0.05) is 0 Å². The Morgan fingerprint density at radius 1 is 1.54 bits per heavy atom. The summed E-state index contributed by atoms with van der Waals surface area (Å²) in [5.74, 6) is 0. The van der Waals surface area contributed by atoms with Crippen molar-refractivity contribution in [1.82, 2.24) is 10.2 Å².